The number of carbonyl (C=O) groups is 3. The first-order valence-electron chi connectivity index (χ1n) is 11.7. The molecule has 0 aliphatic carbocycles. The monoisotopic (exact) mass is 484 g/mol. The maximum absolute atomic E-state index is 13.3. The van der Waals surface area contributed by atoms with E-state index in [0.717, 1.165) is 27.2 Å². The molecule has 1 aliphatic rings. The van der Waals surface area contributed by atoms with E-state index < -0.39 is 17.8 Å². The number of aryl methyl sites for hydroxylation is 3. The van der Waals surface area contributed by atoms with Gasteiger partial charge < -0.3 is 9.47 Å². The molecule has 0 radical (unpaired) electrons. The fourth-order valence-corrected chi connectivity index (χ4v) is 4.28. The molecule has 0 unspecified atom stereocenters. The van der Waals surface area contributed by atoms with E-state index >= 15 is 0 Å². The first kappa shape index (κ1) is 24.7. The van der Waals surface area contributed by atoms with Crippen LogP contribution in [0.4, 0.5) is 10.5 Å². The number of barbiturate groups is 1. The zero-order valence-electron chi connectivity index (χ0n) is 20.8. The third kappa shape index (κ3) is 5.15. The minimum atomic E-state index is -0.768. The molecule has 3 aromatic carbocycles. The second kappa shape index (κ2) is 10.5. The van der Waals surface area contributed by atoms with Crippen LogP contribution in [0.5, 0.6) is 11.5 Å². The van der Waals surface area contributed by atoms with Crippen molar-refractivity contribution in [2.24, 2.45) is 0 Å². The molecular weight excluding hydrogens is 456 g/mol. The fraction of sp³-hybridized carbons (Fsp3) is 0.207. The maximum atomic E-state index is 13.3. The Labute approximate surface area is 210 Å². The number of urea groups is 1. The topological polar surface area (TPSA) is 84.9 Å². The molecule has 1 aliphatic heterocycles. The Morgan fingerprint density at radius 3 is 2.33 bits per heavy atom. The Morgan fingerprint density at radius 2 is 1.64 bits per heavy atom. The standard InChI is InChI=1S/C29H28N2O5/c1-5-22-8-6-7-9-24(22)31-28(33)23(27(32)30-29(31)34)15-20-10-11-25(26(16-20)35-4)36-17-21-13-18(2)12-19(3)14-21/h6-16H,5,17H2,1-4H3,(H,30,32,34)/b23-15-. The highest BCUT2D eigenvalue weighted by atomic mass is 16.5. The molecule has 4 rings (SSSR count). The number of amides is 4. The smallest absolute Gasteiger partial charge is 0.335 e. The van der Waals surface area contributed by atoms with E-state index in [1.165, 1.54) is 13.2 Å². The normalized spacial score (nSPS) is 14.7. The highest BCUT2D eigenvalue weighted by Gasteiger charge is 2.37. The van der Waals surface area contributed by atoms with Crippen molar-refractivity contribution in [2.75, 3.05) is 12.0 Å². The van der Waals surface area contributed by atoms with Crippen LogP contribution in [0.1, 0.15) is 34.7 Å². The lowest BCUT2D eigenvalue weighted by atomic mass is 10.0. The Hall–Kier alpha value is -4.39. The molecule has 3 aromatic rings. The molecule has 184 valence electrons. The summed E-state index contributed by atoms with van der Waals surface area (Å²) < 4.78 is 11.5. The number of hydrogen-bond donors (Lipinski definition) is 1. The number of ether oxygens (including phenoxy) is 2. The lowest BCUT2D eigenvalue weighted by Crippen LogP contribution is -2.54. The van der Waals surface area contributed by atoms with Gasteiger partial charge in [-0.25, -0.2) is 9.69 Å². The van der Waals surface area contributed by atoms with Crippen LogP contribution < -0.4 is 19.7 Å². The van der Waals surface area contributed by atoms with Crippen LogP contribution in [0.2, 0.25) is 0 Å². The van der Waals surface area contributed by atoms with E-state index in [1.807, 2.05) is 32.9 Å². The minimum absolute atomic E-state index is 0.147. The van der Waals surface area contributed by atoms with Crippen LogP contribution in [0.15, 0.2) is 66.2 Å². The number of carbonyl (C=O) groups excluding carboxylic acids is 3. The van der Waals surface area contributed by atoms with E-state index in [-0.39, 0.29) is 5.57 Å². The van der Waals surface area contributed by atoms with E-state index in [9.17, 15) is 14.4 Å². The van der Waals surface area contributed by atoms with Crippen molar-refractivity contribution in [3.05, 3.63) is 94.1 Å². The van der Waals surface area contributed by atoms with Crippen molar-refractivity contribution in [1.82, 2.24) is 5.32 Å². The minimum Gasteiger partial charge on any atom is -0.493 e. The molecule has 0 atom stereocenters. The van der Waals surface area contributed by atoms with Gasteiger partial charge >= 0.3 is 6.03 Å². The van der Waals surface area contributed by atoms with E-state index in [0.29, 0.717) is 35.8 Å². The number of methoxy groups -OCH3 is 1. The van der Waals surface area contributed by atoms with Crippen molar-refractivity contribution in [1.29, 1.82) is 0 Å². The molecule has 7 nitrogen and oxygen atoms in total. The predicted molar refractivity (Wildman–Crippen MR) is 138 cm³/mol. The lowest BCUT2D eigenvalue weighted by Gasteiger charge is -2.28. The molecule has 7 heteroatoms. The van der Waals surface area contributed by atoms with Gasteiger partial charge in [-0.1, -0.05) is 60.5 Å². The second-order valence-electron chi connectivity index (χ2n) is 8.64. The Bertz CT molecular complexity index is 1360. The highest BCUT2D eigenvalue weighted by molar-refractivity contribution is 6.39. The number of para-hydroxylation sites is 1. The summed E-state index contributed by atoms with van der Waals surface area (Å²) in [7, 11) is 1.52. The molecule has 0 aromatic heterocycles. The van der Waals surface area contributed by atoms with Gasteiger partial charge in [0.1, 0.15) is 12.2 Å². The Kier molecular flexibility index (Phi) is 7.20. The molecule has 1 saturated heterocycles. The number of benzene rings is 3. The molecule has 1 heterocycles. The van der Waals surface area contributed by atoms with Crippen LogP contribution in [-0.4, -0.2) is 25.0 Å². The summed E-state index contributed by atoms with van der Waals surface area (Å²) in [5, 5.41) is 2.27. The molecule has 1 N–H and O–H groups in total. The number of hydrogen-bond acceptors (Lipinski definition) is 5. The first-order valence-corrected chi connectivity index (χ1v) is 11.7. The number of rotatable bonds is 7. The van der Waals surface area contributed by atoms with Crippen LogP contribution in [0.3, 0.4) is 0 Å². The van der Waals surface area contributed by atoms with Crippen molar-refractivity contribution < 1.29 is 23.9 Å². The molecule has 1 fully saturated rings. The van der Waals surface area contributed by atoms with Crippen molar-refractivity contribution >= 4 is 29.6 Å². The Balaban J connectivity index is 1.61. The van der Waals surface area contributed by atoms with Crippen LogP contribution in [-0.2, 0) is 22.6 Å². The van der Waals surface area contributed by atoms with Gasteiger partial charge in [-0.05, 0) is 61.2 Å². The number of nitrogens with one attached hydrogen (secondary N) is 1. The summed E-state index contributed by atoms with van der Waals surface area (Å²) in [4.78, 5) is 39.4. The zero-order valence-corrected chi connectivity index (χ0v) is 20.8. The van der Waals surface area contributed by atoms with Gasteiger partial charge in [0.15, 0.2) is 11.5 Å². The van der Waals surface area contributed by atoms with Crippen molar-refractivity contribution in [3.63, 3.8) is 0 Å². The molecule has 36 heavy (non-hydrogen) atoms. The van der Waals surface area contributed by atoms with Crippen LogP contribution in [0, 0.1) is 13.8 Å². The summed E-state index contributed by atoms with van der Waals surface area (Å²) in [6.45, 7) is 6.38. The van der Waals surface area contributed by atoms with E-state index in [2.05, 4.69) is 23.5 Å². The zero-order chi connectivity index (χ0) is 25.8. The second-order valence-corrected chi connectivity index (χ2v) is 8.64. The van der Waals surface area contributed by atoms with Crippen molar-refractivity contribution in [2.45, 2.75) is 33.8 Å². The summed E-state index contributed by atoms with van der Waals surface area (Å²) in [5.74, 6) is -0.434. The van der Waals surface area contributed by atoms with Gasteiger partial charge in [0, 0.05) is 0 Å². The van der Waals surface area contributed by atoms with E-state index in [1.54, 1.807) is 30.3 Å². The lowest BCUT2D eigenvalue weighted by molar-refractivity contribution is -0.122. The first-order chi connectivity index (χ1) is 17.3. The maximum Gasteiger partial charge on any atom is 0.335 e. The summed E-state index contributed by atoms with van der Waals surface area (Å²) in [5.41, 5.74) is 5.05. The average Bonchev–Trinajstić information content (AvgIpc) is 2.85. The van der Waals surface area contributed by atoms with Gasteiger partial charge in [0.05, 0.1) is 12.8 Å². The third-order valence-electron chi connectivity index (χ3n) is 5.89. The van der Waals surface area contributed by atoms with Gasteiger partial charge in [0.2, 0.25) is 0 Å². The molecule has 0 spiro atoms. The predicted octanol–water partition coefficient (Wildman–Crippen LogP) is 5.12. The number of anilines is 1. The quantitative estimate of drug-likeness (QED) is 0.372. The largest absolute Gasteiger partial charge is 0.493 e. The van der Waals surface area contributed by atoms with Gasteiger partial charge in [0.25, 0.3) is 11.8 Å². The Morgan fingerprint density at radius 1 is 0.917 bits per heavy atom. The summed E-state index contributed by atoms with van der Waals surface area (Å²) in [6, 6.07) is 17.7. The van der Waals surface area contributed by atoms with Crippen molar-refractivity contribution in [3.8, 4) is 11.5 Å². The average molecular weight is 485 g/mol. The SMILES string of the molecule is CCc1ccccc1N1C(=O)NC(=O)/C(=C/c2ccc(OCc3cc(C)cc(C)c3)c(OC)c2)C1=O. The van der Waals surface area contributed by atoms with Gasteiger partial charge in [-0.3, -0.25) is 14.9 Å². The molecule has 4 amide bonds. The highest BCUT2D eigenvalue weighted by Crippen LogP contribution is 2.31. The summed E-state index contributed by atoms with van der Waals surface area (Å²) in [6.07, 6.45) is 2.07. The molecular formula is C29H28N2O5. The van der Waals surface area contributed by atoms with Gasteiger partial charge in [-0.15, -0.1) is 0 Å². The molecule has 0 saturated carbocycles. The number of imide groups is 2. The third-order valence-corrected chi connectivity index (χ3v) is 5.89. The summed E-state index contributed by atoms with van der Waals surface area (Å²) >= 11 is 0. The van der Waals surface area contributed by atoms with E-state index in [4.69, 9.17) is 9.47 Å². The van der Waals surface area contributed by atoms with Crippen LogP contribution >= 0.6 is 0 Å². The van der Waals surface area contributed by atoms with Gasteiger partial charge in [-0.2, -0.15) is 0 Å². The molecule has 0 bridgehead atoms. The number of nitrogens with zero attached hydrogens (tertiary/aromatic N) is 1. The fourth-order valence-electron chi connectivity index (χ4n) is 4.28. The van der Waals surface area contributed by atoms with Crippen LogP contribution in [0.25, 0.3) is 6.08 Å².